The summed E-state index contributed by atoms with van der Waals surface area (Å²) in [5, 5.41) is 12.5. The van der Waals surface area contributed by atoms with Gasteiger partial charge in [0.1, 0.15) is 5.75 Å². The van der Waals surface area contributed by atoms with Gasteiger partial charge in [-0.3, -0.25) is 4.90 Å². The Balaban J connectivity index is 1.89. The number of hydrogen-bond acceptors (Lipinski definition) is 3. The third-order valence-electron chi connectivity index (χ3n) is 4.50. The molecule has 2 unspecified atom stereocenters. The van der Waals surface area contributed by atoms with Gasteiger partial charge in [-0.25, -0.2) is 0 Å². The first-order chi connectivity index (χ1) is 9.65. The Morgan fingerprint density at radius 1 is 1.25 bits per heavy atom. The zero-order valence-corrected chi connectivity index (χ0v) is 11.9. The molecule has 0 amide bonds. The van der Waals surface area contributed by atoms with Crippen molar-refractivity contribution < 1.29 is 5.11 Å². The van der Waals surface area contributed by atoms with Crippen molar-refractivity contribution in [2.75, 3.05) is 13.1 Å². The number of hydrogen-bond donors (Lipinski definition) is 2. The summed E-state index contributed by atoms with van der Waals surface area (Å²) in [5.41, 5.74) is 7.19. The maximum atomic E-state index is 10.2. The fourth-order valence-corrected chi connectivity index (χ4v) is 3.03. The van der Waals surface area contributed by atoms with Crippen LogP contribution in [0, 0.1) is 5.92 Å². The van der Waals surface area contributed by atoms with Crippen molar-refractivity contribution in [1.82, 2.24) is 4.90 Å². The molecule has 0 saturated carbocycles. The first-order valence-electron chi connectivity index (χ1n) is 7.32. The van der Waals surface area contributed by atoms with Gasteiger partial charge in [0.15, 0.2) is 0 Å². The van der Waals surface area contributed by atoms with E-state index in [1.807, 2.05) is 18.2 Å². The van der Waals surface area contributed by atoms with Crippen LogP contribution in [0.2, 0.25) is 0 Å². The predicted octanol–water partition coefficient (Wildman–Crippen LogP) is 2.71. The Kier molecular flexibility index (Phi) is 3.64. The number of aromatic hydroxyl groups is 1. The van der Waals surface area contributed by atoms with Crippen molar-refractivity contribution in [2.45, 2.75) is 25.9 Å². The highest BCUT2D eigenvalue weighted by Crippen LogP contribution is 2.29. The first kappa shape index (κ1) is 13.4. The number of nitrogens with two attached hydrogens (primary N) is 1. The van der Waals surface area contributed by atoms with Crippen LogP contribution >= 0.6 is 0 Å². The largest absolute Gasteiger partial charge is 0.508 e. The second-order valence-electron chi connectivity index (χ2n) is 5.95. The minimum Gasteiger partial charge on any atom is -0.508 e. The lowest BCUT2D eigenvalue weighted by Crippen LogP contribution is -2.47. The summed E-state index contributed by atoms with van der Waals surface area (Å²) in [5.74, 6) is 0.975. The van der Waals surface area contributed by atoms with Crippen LogP contribution in [0.4, 0.5) is 0 Å². The van der Waals surface area contributed by atoms with Gasteiger partial charge in [0.05, 0.1) is 0 Å². The van der Waals surface area contributed by atoms with Crippen molar-refractivity contribution >= 4 is 10.8 Å². The SMILES string of the molecule is CC1CCN(Cc2c(O)ccc3ccccc23)CC1N. The monoisotopic (exact) mass is 270 g/mol. The molecule has 0 spiro atoms. The topological polar surface area (TPSA) is 49.5 Å². The number of piperidine rings is 1. The van der Waals surface area contributed by atoms with Crippen molar-refractivity contribution in [3.63, 3.8) is 0 Å². The molecule has 2 atom stereocenters. The lowest BCUT2D eigenvalue weighted by atomic mass is 9.93. The Labute approximate surface area is 120 Å². The minimum absolute atomic E-state index is 0.237. The van der Waals surface area contributed by atoms with Gasteiger partial charge in [-0.05, 0) is 35.7 Å². The molecule has 20 heavy (non-hydrogen) atoms. The summed E-state index contributed by atoms with van der Waals surface area (Å²) in [6.07, 6.45) is 1.13. The summed E-state index contributed by atoms with van der Waals surface area (Å²) in [4.78, 5) is 2.35. The fourth-order valence-electron chi connectivity index (χ4n) is 3.03. The third-order valence-corrected chi connectivity index (χ3v) is 4.50. The van der Waals surface area contributed by atoms with E-state index in [9.17, 15) is 5.11 Å². The van der Waals surface area contributed by atoms with Crippen molar-refractivity contribution in [3.8, 4) is 5.75 Å². The van der Waals surface area contributed by atoms with Crippen LogP contribution in [0.5, 0.6) is 5.75 Å². The molecule has 3 rings (SSSR count). The Hall–Kier alpha value is -1.58. The minimum atomic E-state index is 0.237. The highest BCUT2D eigenvalue weighted by atomic mass is 16.3. The molecular formula is C17H22N2O. The Bertz CT molecular complexity index is 611. The number of fused-ring (bicyclic) bond motifs is 1. The molecule has 1 aliphatic heterocycles. The van der Waals surface area contributed by atoms with Gasteiger partial charge in [-0.1, -0.05) is 37.3 Å². The number of phenolic OH excluding ortho intramolecular Hbond substituents is 1. The molecule has 3 nitrogen and oxygen atoms in total. The van der Waals surface area contributed by atoms with Crippen LogP contribution in [0.15, 0.2) is 36.4 Å². The maximum absolute atomic E-state index is 10.2. The second kappa shape index (κ2) is 5.43. The second-order valence-corrected chi connectivity index (χ2v) is 5.95. The first-order valence-corrected chi connectivity index (χ1v) is 7.32. The van der Waals surface area contributed by atoms with E-state index >= 15 is 0 Å². The van der Waals surface area contributed by atoms with E-state index in [4.69, 9.17) is 5.73 Å². The number of nitrogens with zero attached hydrogens (tertiary/aromatic N) is 1. The number of rotatable bonds is 2. The van der Waals surface area contributed by atoms with Gasteiger partial charge in [0, 0.05) is 24.7 Å². The van der Waals surface area contributed by atoms with Gasteiger partial charge in [-0.2, -0.15) is 0 Å². The Morgan fingerprint density at radius 2 is 2.05 bits per heavy atom. The zero-order chi connectivity index (χ0) is 14.1. The van der Waals surface area contributed by atoms with E-state index in [2.05, 4.69) is 24.0 Å². The molecule has 0 bridgehead atoms. The molecule has 1 heterocycles. The molecule has 1 aliphatic rings. The number of likely N-dealkylation sites (tertiary alicyclic amines) is 1. The van der Waals surface area contributed by atoms with Crippen molar-refractivity contribution in [2.24, 2.45) is 11.7 Å². The number of phenols is 1. The van der Waals surface area contributed by atoms with Crippen LogP contribution in [-0.2, 0) is 6.54 Å². The van der Waals surface area contributed by atoms with Gasteiger partial charge < -0.3 is 10.8 Å². The normalized spacial score (nSPS) is 24.1. The molecule has 106 valence electrons. The predicted molar refractivity (Wildman–Crippen MR) is 82.6 cm³/mol. The molecule has 0 aliphatic carbocycles. The molecule has 1 saturated heterocycles. The Morgan fingerprint density at radius 3 is 2.85 bits per heavy atom. The van der Waals surface area contributed by atoms with E-state index in [1.54, 1.807) is 6.07 Å². The van der Waals surface area contributed by atoms with E-state index in [1.165, 1.54) is 5.39 Å². The van der Waals surface area contributed by atoms with E-state index in [-0.39, 0.29) is 6.04 Å². The molecule has 2 aromatic carbocycles. The molecule has 3 N–H and O–H groups in total. The van der Waals surface area contributed by atoms with Crippen LogP contribution in [0.3, 0.4) is 0 Å². The molecule has 0 aromatic heterocycles. The van der Waals surface area contributed by atoms with E-state index in [0.29, 0.717) is 11.7 Å². The lowest BCUT2D eigenvalue weighted by Gasteiger charge is -2.35. The fraction of sp³-hybridized carbons (Fsp3) is 0.412. The standard InChI is InChI=1S/C17H22N2O/c1-12-8-9-19(11-16(12)18)10-15-14-5-3-2-4-13(14)6-7-17(15)20/h2-7,12,16,20H,8-11,18H2,1H3. The highest BCUT2D eigenvalue weighted by molar-refractivity contribution is 5.87. The molecule has 0 radical (unpaired) electrons. The van der Waals surface area contributed by atoms with Crippen LogP contribution < -0.4 is 5.73 Å². The molecule has 2 aromatic rings. The van der Waals surface area contributed by atoms with Gasteiger partial charge in [0.25, 0.3) is 0 Å². The van der Waals surface area contributed by atoms with Crippen LogP contribution in [-0.4, -0.2) is 29.1 Å². The van der Waals surface area contributed by atoms with Crippen LogP contribution in [0.25, 0.3) is 10.8 Å². The summed E-state index contributed by atoms with van der Waals surface area (Å²) in [7, 11) is 0. The average molecular weight is 270 g/mol. The van der Waals surface area contributed by atoms with Crippen LogP contribution in [0.1, 0.15) is 18.9 Å². The summed E-state index contributed by atoms with van der Waals surface area (Å²) in [6, 6.07) is 12.2. The van der Waals surface area contributed by atoms with Gasteiger partial charge in [0.2, 0.25) is 0 Å². The van der Waals surface area contributed by atoms with Crippen molar-refractivity contribution in [1.29, 1.82) is 0 Å². The average Bonchev–Trinajstić information content (AvgIpc) is 2.46. The van der Waals surface area contributed by atoms with Gasteiger partial charge >= 0.3 is 0 Å². The smallest absolute Gasteiger partial charge is 0.120 e. The third kappa shape index (κ3) is 2.51. The molecule has 1 fully saturated rings. The van der Waals surface area contributed by atoms with E-state index < -0.39 is 0 Å². The summed E-state index contributed by atoms with van der Waals surface area (Å²) >= 11 is 0. The lowest BCUT2D eigenvalue weighted by molar-refractivity contribution is 0.161. The van der Waals surface area contributed by atoms with E-state index in [0.717, 1.165) is 37.0 Å². The maximum Gasteiger partial charge on any atom is 0.120 e. The summed E-state index contributed by atoms with van der Waals surface area (Å²) < 4.78 is 0. The molecular weight excluding hydrogens is 248 g/mol. The summed E-state index contributed by atoms with van der Waals surface area (Å²) in [6.45, 7) is 4.95. The van der Waals surface area contributed by atoms with Gasteiger partial charge in [-0.15, -0.1) is 0 Å². The molecule has 3 heteroatoms. The zero-order valence-electron chi connectivity index (χ0n) is 11.9. The van der Waals surface area contributed by atoms with Crippen molar-refractivity contribution in [3.05, 3.63) is 42.0 Å². The quantitative estimate of drug-likeness (QED) is 0.882. The number of benzene rings is 2. The highest BCUT2D eigenvalue weighted by Gasteiger charge is 2.24.